The lowest BCUT2D eigenvalue weighted by molar-refractivity contribution is -0.151. The molecule has 1 fully saturated rings. The third kappa shape index (κ3) is 3.13. The van der Waals surface area contributed by atoms with E-state index < -0.39 is 5.60 Å². The molecule has 2 atom stereocenters. The second-order valence-corrected chi connectivity index (χ2v) is 4.95. The van der Waals surface area contributed by atoms with Gasteiger partial charge in [0.2, 0.25) is 0 Å². The van der Waals surface area contributed by atoms with E-state index in [1.165, 1.54) is 0 Å². The van der Waals surface area contributed by atoms with Crippen LogP contribution in [0, 0.1) is 5.92 Å². The number of carbonyl (C=O) groups excluding carboxylic acids is 1. The molecule has 104 valence electrons. The second-order valence-electron chi connectivity index (χ2n) is 4.95. The Balaban J connectivity index is 2.68. The number of rotatable bonds is 5. The smallest absolute Gasteiger partial charge is 0.254 e. The van der Waals surface area contributed by atoms with Gasteiger partial charge in [0, 0.05) is 25.6 Å². The van der Waals surface area contributed by atoms with Gasteiger partial charge in [0.25, 0.3) is 5.91 Å². The first-order chi connectivity index (χ1) is 8.44. The van der Waals surface area contributed by atoms with Crippen LogP contribution in [0.25, 0.3) is 0 Å². The minimum absolute atomic E-state index is 0.0138. The fraction of sp³-hybridized carbons (Fsp3) is 0.833. The number of amidine groups is 1. The van der Waals surface area contributed by atoms with Gasteiger partial charge in [0.1, 0.15) is 11.4 Å². The van der Waals surface area contributed by atoms with E-state index in [0.29, 0.717) is 19.7 Å². The quantitative estimate of drug-likeness (QED) is 0.330. The number of amides is 1. The highest BCUT2D eigenvalue weighted by molar-refractivity contribution is 5.86. The lowest BCUT2D eigenvalue weighted by Gasteiger charge is -2.31. The van der Waals surface area contributed by atoms with Crippen LogP contribution in [0.2, 0.25) is 0 Å². The molecule has 3 N–H and O–H groups in total. The molecule has 0 aliphatic carbocycles. The molecule has 1 aliphatic rings. The van der Waals surface area contributed by atoms with Gasteiger partial charge in [0.05, 0.1) is 0 Å². The molecule has 6 heteroatoms. The van der Waals surface area contributed by atoms with Crippen LogP contribution in [0.3, 0.4) is 0 Å². The van der Waals surface area contributed by atoms with E-state index in [9.17, 15) is 4.79 Å². The molecular weight excluding hydrogens is 234 g/mol. The minimum Gasteiger partial charge on any atom is -0.409 e. The van der Waals surface area contributed by atoms with E-state index in [2.05, 4.69) is 5.16 Å². The number of likely N-dealkylation sites (N-methyl/N-ethyl adjacent to an activating group) is 1. The molecule has 0 aromatic rings. The van der Waals surface area contributed by atoms with Crippen LogP contribution >= 0.6 is 0 Å². The molecule has 0 radical (unpaired) electrons. The Bertz CT molecular complexity index is 325. The molecule has 1 rings (SSSR count). The number of oxime groups is 1. The summed E-state index contributed by atoms with van der Waals surface area (Å²) in [4.78, 5) is 14.1. The van der Waals surface area contributed by atoms with E-state index in [-0.39, 0.29) is 17.7 Å². The number of hydrogen-bond donors (Lipinski definition) is 2. The van der Waals surface area contributed by atoms with Crippen molar-refractivity contribution in [2.45, 2.75) is 39.2 Å². The van der Waals surface area contributed by atoms with Crippen LogP contribution < -0.4 is 5.73 Å². The molecule has 0 saturated carbocycles. The zero-order valence-corrected chi connectivity index (χ0v) is 11.3. The zero-order valence-electron chi connectivity index (χ0n) is 11.3. The average Bonchev–Trinajstić information content (AvgIpc) is 2.81. The predicted molar refractivity (Wildman–Crippen MR) is 68.4 cm³/mol. The molecular formula is C12H23N3O3. The summed E-state index contributed by atoms with van der Waals surface area (Å²) in [6, 6.07) is 0. The Labute approximate surface area is 108 Å². The summed E-state index contributed by atoms with van der Waals surface area (Å²) in [6.07, 6.45) is 1.66. The first kappa shape index (κ1) is 14.8. The van der Waals surface area contributed by atoms with Crippen molar-refractivity contribution in [3.05, 3.63) is 0 Å². The van der Waals surface area contributed by atoms with Crippen molar-refractivity contribution in [1.29, 1.82) is 0 Å². The fourth-order valence-corrected chi connectivity index (χ4v) is 2.16. The number of nitrogens with two attached hydrogens (primary N) is 1. The van der Waals surface area contributed by atoms with E-state index >= 15 is 0 Å². The maximum atomic E-state index is 12.4. The van der Waals surface area contributed by atoms with Crippen molar-refractivity contribution >= 4 is 11.7 Å². The SMILES string of the molecule is CCN(CC(C)C(N)=NO)C(=O)C1(C)CCCO1. The van der Waals surface area contributed by atoms with E-state index in [1.54, 1.807) is 4.90 Å². The Morgan fingerprint density at radius 3 is 2.78 bits per heavy atom. The second kappa shape index (κ2) is 6.04. The van der Waals surface area contributed by atoms with Gasteiger partial charge in [-0.25, -0.2) is 0 Å². The third-order valence-corrected chi connectivity index (χ3v) is 3.45. The van der Waals surface area contributed by atoms with Crippen molar-refractivity contribution in [3.8, 4) is 0 Å². The molecule has 0 aromatic heterocycles. The Kier molecular flexibility index (Phi) is 4.95. The largest absolute Gasteiger partial charge is 0.409 e. The summed E-state index contributed by atoms with van der Waals surface area (Å²) in [5, 5.41) is 11.6. The van der Waals surface area contributed by atoms with Crippen LogP contribution in [-0.4, -0.2) is 47.1 Å². The zero-order chi connectivity index (χ0) is 13.8. The monoisotopic (exact) mass is 257 g/mol. The summed E-state index contributed by atoms with van der Waals surface area (Å²) in [5.74, 6) is -0.0530. The topological polar surface area (TPSA) is 88.1 Å². The van der Waals surface area contributed by atoms with Gasteiger partial charge in [-0.2, -0.15) is 0 Å². The number of ether oxygens (including phenoxy) is 1. The summed E-state index contributed by atoms with van der Waals surface area (Å²) in [5.41, 5.74) is 4.83. The molecule has 1 saturated heterocycles. The maximum absolute atomic E-state index is 12.4. The first-order valence-corrected chi connectivity index (χ1v) is 6.35. The van der Waals surface area contributed by atoms with Crippen molar-refractivity contribution in [3.63, 3.8) is 0 Å². The van der Waals surface area contributed by atoms with Crippen LogP contribution in [0.5, 0.6) is 0 Å². The highest BCUT2D eigenvalue weighted by Gasteiger charge is 2.40. The fourth-order valence-electron chi connectivity index (χ4n) is 2.16. The first-order valence-electron chi connectivity index (χ1n) is 6.35. The van der Waals surface area contributed by atoms with Gasteiger partial charge < -0.3 is 20.6 Å². The van der Waals surface area contributed by atoms with Crippen LogP contribution in [0.4, 0.5) is 0 Å². The van der Waals surface area contributed by atoms with Crippen molar-refractivity contribution in [2.24, 2.45) is 16.8 Å². The van der Waals surface area contributed by atoms with Crippen molar-refractivity contribution in [2.75, 3.05) is 19.7 Å². The molecule has 1 heterocycles. The highest BCUT2D eigenvalue weighted by atomic mass is 16.5. The molecule has 6 nitrogen and oxygen atoms in total. The number of nitrogens with zero attached hydrogens (tertiary/aromatic N) is 2. The third-order valence-electron chi connectivity index (χ3n) is 3.45. The lowest BCUT2D eigenvalue weighted by atomic mass is 10.00. The van der Waals surface area contributed by atoms with Crippen molar-refractivity contribution < 1.29 is 14.7 Å². The molecule has 1 aliphatic heterocycles. The van der Waals surface area contributed by atoms with E-state index in [4.69, 9.17) is 15.7 Å². The van der Waals surface area contributed by atoms with Gasteiger partial charge in [-0.15, -0.1) is 0 Å². The standard InChI is InChI=1S/C12H23N3O3/c1-4-15(8-9(2)10(13)14-17)11(16)12(3)6-5-7-18-12/h9,17H,4-8H2,1-3H3,(H2,13,14). The van der Waals surface area contributed by atoms with E-state index in [0.717, 1.165) is 12.8 Å². The van der Waals surface area contributed by atoms with Gasteiger partial charge in [-0.05, 0) is 26.7 Å². The Morgan fingerprint density at radius 2 is 2.33 bits per heavy atom. The van der Waals surface area contributed by atoms with Gasteiger partial charge in [0.15, 0.2) is 0 Å². The summed E-state index contributed by atoms with van der Waals surface area (Å²) in [7, 11) is 0. The molecule has 0 bridgehead atoms. The highest BCUT2D eigenvalue weighted by Crippen LogP contribution is 2.27. The van der Waals surface area contributed by atoms with Gasteiger partial charge in [-0.3, -0.25) is 4.79 Å². The Morgan fingerprint density at radius 1 is 1.67 bits per heavy atom. The van der Waals surface area contributed by atoms with E-state index in [1.807, 2.05) is 20.8 Å². The minimum atomic E-state index is -0.707. The normalized spacial score (nSPS) is 26.1. The Hall–Kier alpha value is -1.30. The summed E-state index contributed by atoms with van der Waals surface area (Å²) in [6.45, 7) is 7.22. The number of hydrogen-bond acceptors (Lipinski definition) is 4. The predicted octanol–water partition coefficient (Wildman–Crippen LogP) is 0.786. The van der Waals surface area contributed by atoms with Crippen molar-refractivity contribution in [1.82, 2.24) is 4.90 Å². The van der Waals surface area contributed by atoms with Crippen LogP contribution in [0.15, 0.2) is 5.16 Å². The molecule has 0 aromatic carbocycles. The maximum Gasteiger partial charge on any atom is 0.254 e. The molecule has 2 unspecified atom stereocenters. The number of carbonyl (C=O) groups is 1. The molecule has 1 amide bonds. The lowest BCUT2D eigenvalue weighted by Crippen LogP contribution is -2.49. The van der Waals surface area contributed by atoms with Crippen LogP contribution in [0.1, 0.15) is 33.6 Å². The van der Waals surface area contributed by atoms with Gasteiger partial charge in [-0.1, -0.05) is 12.1 Å². The van der Waals surface area contributed by atoms with Gasteiger partial charge >= 0.3 is 0 Å². The molecule has 18 heavy (non-hydrogen) atoms. The average molecular weight is 257 g/mol. The molecule has 0 spiro atoms. The summed E-state index contributed by atoms with van der Waals surface area (Å²) < 4.78 is 5.55. The summed E-state index contributed by atoms with van der Waals surface area (Å²) >= 11 is 0. The van der Waals surface area contributed by atoms with Crippen LogP contribution in [-0.2, 0) is 9.53 Å².